The van der Waals surface area contributed by atoms with Gasteiger partial charge in [-0.3, -0.25) is 4.79 Å². The number of carbonyl (C=O) groups excluding carboxylic acids is 1. The van der Waals surface area contributed by atoms with Gasteiger partial charge >= 0.3 is 5.97 Å². The van der Waals surface area contributed by atoms with E-state index in [0.29, 0.717) is 17.4 Å². The van der Waals surface area contributed by atoms with Crippen molar-refractivity contribution in [3.05, 3.63) is 53.0 Å². The van der Waals surface area contributed by atoms with Gasteiger partial charge in [0.15, 0.2) is 0 Å². The number of aliphatic hydroxyl groups excluding tert-OH is 1. The maximum absolute atomic E-state index is 12.8. The van der Waals surface area contributed by atoms with Gasteiger partial charge in [0.1, 0.15) is 11.5 Å². The minimum Gasteiger partial charge on any atom is -0.502 e. The lowest BCUT2D eigenvalue weighted by atomic mass is 10.3. The molecule has 1 heterocycles. The number of aromatic nitrogens is 1. The van der Waals surface area contributed by atoms with E-state index in [1.807, 2.05) is 0 Å². The molecule has 0 saturated carbocycles. The van der Waals surface area contributed by atoms with Crippen LogP contribution >= 0.6 is 11.3 Å². The SMILES string of the molecule is O=C(O)/C(O)=C/C(=O)c1csc(S(=O)(=O)c2ccc(F)cc2)n1. The molecule has 0 amide bonds. The van der Waals surface area contributed by atoms with E-state index in [0.717, 1.165) is 29.6 Å². The van der Waals surface area contributed by atoms with E-state index >= 15 is 0 Å². The molecule has 1 aromatic carbocycles. The van der Waals surface area contributed by atoms with Gasteiger partial charge in [0.05, 0.1) is 4.90 Å². The minimum atomic E-state index is -4.02. The van der Waals surface area contributed by atoms with E-state index < -0.39 is 37.5 Å². The number of sulfone groups is 1. The summed E-state index contributed by atoms with van der Waals surface area (Å²) in [5, 5.41) is 18.6. The highest BCUT2D eigenvalue weighted by molar-refractivity contribution is 7.93. The van der Waals surface area contributed by atoms with Crippen molar-refractivity contribution in [2.75, 3.05) is 0 Å². The number of benzene rings is 1. The van der Waals surface area contributed by atoms with Gasteiger partial charge in [-0.1, -0.05) is 0 Å². The van der Waals surface area contributed by atoms with E-state index in [1.165, 1.54) is 0 Å². The Morgan fingerprint density at radius 3 is 2.35 bits per heavy atom. The van der Waals surface area contributed by atoms with Gasteiger partial charge in [0.2, 0.25) is 25.7 Å². The van der Waals surface area contributed by atoms with Crippen molar-refractivity contribution in [1.29, 1.82) is 0 Å². The van der Waals surface area contributed by atoms with Crippen LogP contribution in [0, 0.1) is 5.82 Å². The predicted molar refractivity (Wildman–Crippen MR) is 76.6 cm³/mol. The first-order valence-corrected chi connectivity index (χ1v) is 8.22. The molecule has 0 bridgehead atoms. The number of hydrogen-bond donors (Lipinski definition) is 2. The fourth-order valence-corrected chi connectivity index (χ4v) is 3.85. The fourth-order valence-electron chi connectivity index (χ4n) is 1.47. The molecule has 2 rings (SSSR count). The molecule has 0 radical (unpaired) electrons. The van der Waals surface area contributed by atoms with Crippen LogP contribution < -0.4 is 0 Å². The number of aliphatic carboxylic acids is 1. The standard InChI is InChI=1S/C13H8FNO6S2/c14-7-1-3-8(4-2-7)23(20,21)13-15-9(6-22-13)10(16)5-11(17)12(18)19/h1-6,17H,(H,18,19)/b11-5-. The second kappa shape index (κ2) is 6.26. The maximum Gasteiger partial charge on any atom is 0.371 e. The van der Waals surface area contributed by atoms with Crippen LogP contribution in [-0.2, 0) is 14.6 Å². The van der Waals surface area contributed by atoms with Crippen LogP contribution in [0.3, 0.4) is 0 Å². The van der Waals surface area contributed by atoms with E-state index in [-0.39, 0.29) is 10.6 Å². The topological polar surface area (TPSA) is 122 Å². The molecule has 0 unspecified atom stereocenters. The molecule has 0 aliphatic rings. The molecule has 0 atom stereocenters. The highest BCUT2D eigenvalue weighted by Crippen LogP contribution is 2.24. The van der Waals surface area contributed by atoms with E-state index in [4.69, 9.17) is 10.2 Å². The summed E-state index contributed by atoms with van der Waals surface area (Å²) in [6.07, 6.45) is 0.422. The Hall–Kier alpha value is -2.59. The van der Waals surface area contributed by atoms with Crippen molar-refractivity contribution >= 4 is 32.9 Å². The van der Waals surface area contributed by atoms with Gasteiger partial charge in [-0.05, 0) is 24.3 Å². The third-order valence-corrected chi connectivity index (χ3v) is 5.60. The van der Waals surface area contributed by atoms with Crippen LogP contribution in [0.1, 0.15) is 10.5 Å². The summed E-state index contributed by atoms with van der Waals surface area (Å²) < 4.78 is 37.0. The molecule has 10 heteroatoms. The molecule has 2 aromatic rings. The number of ketones is 1. The van der Waals surface area contributed by atoms with Crippen molar-refractivity contribution in [2.45, 2.75) is 9.24 Å². The van der Waals surface area contributed by atoms with Crippen molar-refractivity contribution in [2.24, 2.45) is 0 Å². The number of hydrogen-bond acceptors (Lipinski definition) is 7. The normalized spacial score (nSPS) is 12.1. The molecule has 7 nitrogen and oxygen atoms in total. The molecule has 0 aliphatic carbocycles. The highest BCUT2D eigenvalue weighted by atomic mass is 32.2. The van der Waals surface area contributed by atoms with Gasteiger partial charge < -0.3 is 10.2 Å². The minimum absolute atomic E-state index is 0.198. The van der Waals surface area contributed by atoms with E-state index in [1.54, 1.807) is 0 Å². The highest BCUT2D eigenvalue weighted by Gasteiger charge is 2.23. The van der Waals surface area contributed by atoms with Crippen LogP contribution in [0.5, 0.6) is 0 Å². The molecule has 23 heavy (non-hydrogen) atoms. The molecular formula is C13H8FNO6S2. The number of carboxylic acids is 1. The van der Waals surface area contributed by atoms with Gasteiger partial charge in [-0.15, -0.1) is 11.3 Å². The first-order valence-electron chi connectivity index (χ1n) is 5.86. The molecule has 0 saturated heterocycles. The lowest BCUT2D eigenvalue weighted by Gasteiger charge is -2.00. The summed E-state index contributed by atoms with van der Waals surface area (Å²) in [5.41, 5.74) is -0.330. The van der Waals surface area contributed by atoms with E-state index in [9.17, 15) is 22.4 Å². The predicted octanol–water partition coefficient (Wildman–Crippen LogP) is 1.82. The van der Waals surface area contributed by atoms with Gasteiger partial charge in [-0.25, -0.2) is 22.6 Å². The first kappa shape index (κ1) is 16.8. The van der Waals surface area contributed by atoms with Crippen LogP contribution in [0.2, 0.25) is 0 Å². The number of halogens is 1. The lowest BCUT2D eigenvalue weighted by molar-refractivity contribution is -0.135. The van der Waals surface area contributed by atoms with E-state index in [2.05, 4.69) is 4.98 Å². The lowest BCUT2D eigenvalue weighted by Crippen LogP contribution is -2.06. The number of thiazole rings is 1. The molecule has 0 fully saturated rings. The zero-order valence-corrected chi connectivity index (χ0v) is 12.8. The average Bonchev–Trinajstić information content (AvgIpc) is 2.98. The van der Waals surface area contributed by atoms with Crippen LogP contribution in [0.4, 0.5) is 4.39 Å². The average molecular weight is 357 g/mol. The maximum atomic E-state index is 12.8. The Balaban J connectivity index is 2.35. The molecule has 2 N–H and O–H groups in total. The Labute approximate surface area is 133 Å². The first-order chi connectivity index (χ1) is 10.7. The second-order valence-corrected chi connectivity index (χ2v) is 7.14. The monoisotopic (exact) mass is 357 g/mol. The quantitative estimate of drug-likeness (QED) is 0.362. The van der Waals surface area contributed by atoms with Crippen molar-refractivity contribution in [3.63, 3.8) is 0 Å². The van der Waals surface area contributed by atoms with Gasteiger partial charge in [0.25, 0.3) is 0 Å². The number of carbonyl (C=O) groups is 2. The largest absolute Gasteiger partial charge is 0.502 e. The van der Waals surface area contributed by atoms with Crippen molar-refractivity contribution < 1.29 is 32.6 Å². The third-order valence-electron chi connectivity index (χ3n) is 2.58. The van der Waals surface area contributed by atoms with Gasteiger partial charge in [-0.2, -0.15) is 0 Å². The molecule has 120 valence electrons. The number of aliphatic hydroxyl groups is 1. The van der Waals surface area contributed by atoms with Crippen LogP contribution in [0.15, 0.2) is 50.7 Å². The Kier molecular flexibility index (Phi) is 4.57. The Bertz CT molecular complexity index is 899. The molecule has 0 spiro atoms. The smallest absolute Gasteiger partial charge is 0.371 e. The second-order valence-electron chi connectivity index (χ2n) is 4.15. The Morgan fingerprint density at radius 2 is 1.78 bits per heavy atom. The molecule has 0 aliphatic heterocycles. The van der Waals surface area contributed by atoms with Crippen LogP contribution in [-0.4, -0.2) is 35.4 Å². The summed E-state index contributed by atoms with van der Waals surface area (Å²) in [7, 11) is -4.02. The van der Waals surface area contributed by atoms with Crippen molar-refractivity contribution in [3.8, 4) is 0 Å². The summed E-state index contributed by atoms with van der Waals surface area (Å²) in [4.78, 5) is 25.5. The van der Waals surface area contributed by atoms with Crippen molar-refractivity contribution in [1.82, 2.24) is 4.98 Å². The molecular weight excluding hydrogens is 349 g/mol. The number of rotatable bonds is 5. The third kappa shape index (κ3) is 3.60. The number of carboxylic acid groups (broad SMARTS) is 1. The molecule has 1 aromatic heterocycles. The summed E-state index contributed by atoms with van der Waals surface area (Å²) >= 11 is 0.647. The summed E-state index contributed by atoms with van der Waals surface area (Å²) in [5.74, 6) is -4.45. The Morgan fingerprint density at radius 1 is 1.17 bits per heavy atom. The van der Waals surface area contributed by atoms with Crippen LogP contribution in [0.25, 0.3) is 0 Å². The summed E-state index contributed by atoms with van der Waals surface area (Å²) in [6, 6.07) is 4.06. The number of allylic oxidation sites excluding steroid dienone is 1. The summed E-state index contributed by atoms with van der Waals surface area (Å²) in [6.45, 7) is 0. The number of nitrogens with zero attached hydrogens (tertiary/aromatic N) is 1. The zero-order chi connectivity index (χ0) is 17.2. The zero-order valence-electron chi connectivity index (χ0n) is 11.1. The van der Waals surface area contributed by atoms with Gasteiger partial charge in [0, 0.05) is 11.5 Å². The fraction of sp³-hybridized carbons (Fsp3) is 0.